The van der Waals surface area contributed by atoms with Gasteiger partial charge in [-0.2, -0.15) is 0 Å². The Morgan fingerprint density at radius 3 is 1.69 bits per heavy atom. The van der Waals surface area contributed by atoms with Gasteiger partial charge in [-0.05, 0) is 98.0 Å². The van der Waals surface area contributed by atoms with E-state index in [0.29, 0.717) is 29.1 Å². The molecular formula is C35H40O7. The zero-order valence-electron chi connectivity index (χ0n) is 25.3. The molecular weight excluding hydrogens is 532 g/mol. The van der Waals surface area contributed by atoms with Crippen LogP contribution >= 0.6 is 0 Å². The maximum Gasteiger partial charge on any atom is 0.338 e. The van der Waals surface area contributed by atoms with Crippen LogP contribution in [-0.4, -0.2) is 39.4 Å². The largest absolute Gasteiger partial charge is 0.497 e. The highest BCUT2D eigenvalue weighted by Gasteiger charge is 2.08. The smallest absolute Gasteiger partial charge is 0.338 e. The molecule has 0 aromatic heterocycles. The van der Waals surface area contributed by atoms with E-state index in [9.17, 15) is 14.4 Å². The fraction of sp³-hybridized carbons (Fsp3) is 0.229. The van der Waals surface area contributed by atoms with Gasteiger partial charge in [-0.3, -0.25) is 9.59 Å². The van der Waals surface area contributed by atoms with Crippen LogP contribution in [0.5, 0.6) is 23.0 Å². The molecule has 0 aliphatic rings. The van der Waals surface area contributed by atoms with E-state index in [1.54, 1.807) is 47.1 Å². The van der Waals surface area contributed by atoms with Crippen LogP contribution < -0.4 is 18.9 Å². The standard InChI is InChI=1S/C23H24O4.C8H10O2.C4H6O/c1-5-12-26-22-14-19(6-7-20(22)13-17(4)15-24)18-8-10-21(11-9-18)27-23(25)16(2)3;1-9-7-3-5-8(10-2)6-4-7;1-4(2)3-5/h6-11,13-15H,2,5,12H2,1,3-4H3;3-6H,1-2H3;3H,1H2,2H3/b17-13+;;. The first-order valence-corrected chi connectivity index (χ1v) is 13.3. The number of aldehydes is 2. The van der Waals surface area contributed by atoms with Gasteiger partial charge < -0.3 is 18.9 Å². The van der Waals surface area contributed by atoms with Crippen molar-refractivity contribution in [2.24, 2.45) is 0 Å². The number of esters is 1. The first-order valence-electron chi connectivity index (χ1n) is 13.3. The van der Waals surface area contributed by atoms with Crippen molar-refractivity contribution in [1.29, 1.82) is 0 Å². The minimum absolute atomic E-state index is 0.353. The number of carbonyl (C=O) groups excluding carboxylic acids is 3. The number of methoxy groups -OCH3 is 2. The molecule has 0 spiro atoms. The third-order valence-corrected chi connectivity index (χ3v) is 5.29. The van der Waals surface area contributed by atoms with Crippen molar-refractivity contribution in [3.05, 3.63) is 102 Å². The Morgan fingerprint density at radius 1 is 0.762 bits per heavy atom. The molecule has 0 heterocycles. The molecule has 3 aromatic carbocycles. The summed E-state index contributed by atoms with van der Waals surface area (Å²) in [6, 6.07) is 20.5. The molecule has 0 bridgehead atoms. The number of benzene rings is 3. The SMILES string of the molecule is C=C(C)C(=O)Oc1ccc(-c2ccc(/C=C(\C)C=O)c(OCCC)c2)cc1.C=C(C)C=O.COc1ccc(OC)cc1. The lowest BCUT2D eigenvalue weighted by Gasteiger charge is -2.12. The molecule has 42 heavy (non-hydrogen) atoms. The third kappa shape index (κ3) is 13.0. The third-order valence-electron chi connectivity index (χ3n) is 5.29. The van der Waals surface area contributed by atoms with Crippen molar-refractivity contribution in [2.75, 3.05) is 20.8 Å². The number of hydrogen-bond donors (Lipinski definition) is 0. The Labute approximate surface area is 249 Å². The van der Waals surface area contributed by atoms with E-state index >= 15 is 0 Å². The summed E-state index contributed by atoms with van der Waals surface area (Å²) in [5.74, 6) is 2.45. The Bertz CT molecular complexity index is 1330. The first kappa shape index (κ1) is 35.1. The summed E-state index contributed by atoms with van der Waals surface area (Å²) in [6.45, 7) is 14.5. The summed E-state index contributed by atoms with van der Waals surface area (Å²) in [7, 11) is 3.28. The fourth-order valence-corrected chi connectivity index (χ4v) is 3.07. The molecule has 0 aliphatic carbocycles. The number of rotatable bonds is 11. The van der Waals surface area contributed by atoms with Gasteiger partial charge >= 0.3 is 5.97 Å². The maximum absolute atomic E-state index is 11.6. The molecule has 0 aliphatic heterocycles. The van der Waals surface area contributed by atoms with Crippen molar-refractivity contribution < 1.29 is 33.3 Å². The number of hydrogen-bond acceptors (Lipinski definition) is 7. The predicted octanol–water partition coefficient (Wildman–Crippen LogP) is 7.69. The van der Waals surface area contributed by atoms with Gasteiger partial charge in [0.05, 0.1) is 20.8 Å². The molecule has 0 N–H and O–H groups in total. The van der Waals surface area contributed by atoms with E-state index < -0.39 is 5.97 Å². The molecule has 0 atom stereocenters. The molecule has 222 valence electrons. The van der Waals surface area contributed by atoms with Gasteiger partial charge in [0.25, 0.3) is 0 Å². The van der Waals surface area contributed by atoms with E-state index in [0.717, 1.165) is 52.9 Å². The zero-order chi connectivity index (χ0) is 31.5. The molecule has 0 unspecified atom stereocenters. The quantitative estimate of drug-likeness (QED) is 0.101. The average molecular weight is 573 g/mol. The summed E-state index contributed by atoms with van der Waals surface area (Å²) < 4.78 is 21.0. The Hall–Kier alpha value is -4.91. The number of allylic oxidation sites excluding steroid dienone is 2. The predicted molar refractivity (Wildman–Crippen MR) is 168 cm³/mol. The molecule has 3 aromatic rings. The summed E-state index contributed by atoms with van der Waals surface area (Å²) in [5.41, 5.74) is 4.36. The van der Waals surface area contributed by atoms with Crippen LogP contribution in [-0.2, 0) is 14.4 Å². The van der Waals surface area contributed by atoms with Crippen LogP contribution in [0.15, 0.2) is 96.6 Å². The summed E-state index contributed by atoms with van der Waals surface area (Å²) in [5, 5.41) is 0. The first-order chi connectivity index (χ1) is 20.1. The van der Waals surface area contributed by atoms with Crippen molar-refractivity contribution in [1.82, 2.24) is 0 Å². The molecule has 0 saturated carbocycles. The summed E-state index contributed by atoms with van der Waals surface area (Å²) >= 11 is 0. The lowest BCUT2D eigenvalue weighted by Crippen LogP contribution is -2.07. The normalized spacial score (nSPS) is 10.0. The zero-order valence-corrected chi connectivity index (χ0v) is 25.3. The van der Waals surface area contributed by atoms with Crippen LogP contribution in [0.25, 0.3) is 17.2 Å². The van der Waals surface area contributed by atoms with Gasteiger partial charge in [-0.25, -0.2) is 4.79 Å². The van der Waals surface area contributed by atoms with Gasteiger partial charge in [0.2, 0.25) is 0 Å². The highest BCUT2D eigenvalue weighted by Crippen LogP contribution is 2.30. The molecule has 3 rings (SSSR count). The van der Waals surface area contributed by atoms with E-state index in [1.165, 1.54) is 0 Å². The van der Waals surface area contributed by atoms with Gasteiger partial charge in [-0.1, -0.05) is 44.3 Å². The molecule has 0 saturated heterocycles. The van der Waals surface area contributed by atoms with Crippen LogP contribution in [0.2, 0.25) is 0 Å². The van der Waals surface area contributed by atoms with Gasteiger partial charge in [0.1, 0.15) is 35.6 Å². The lowest BCUT2D eigenvalue weighted by atomic mass is 10.0. The van der Waals surface area contributed by atoms with E-state index in [-0.39, 0.29) is 0 Å². The minimum atomic E-state index is -0.445. The second-order valence-electron chi connectivity index (χ2n) is 9.15. The Balaban J connectivity index is 0.000000480. The van der Waals surface area contributed by atoms with Crippen LogP contribution in [0, 0.1) is 0 Å². The monoisotopic (exact) mass is 572 g/mol. The highest BCUT2D eigenvalue weighted by atomic mass is 16.5. The van der Waals surface area contributed by atoms with Crippen molar-refractivity contribution in [3.8, 4) is 34.1 Å². The molecule has 7 heteroatoms. The fourth-order valence-electron chi connectivity index (χ4n) is 3.07. The summed E-state index contributed by atoms with van der Waals surface area (Å²) in [6.07, 6.45) is 4.24. The van der Waals surface area contributed by atoms with Crippen LogP contribution in [0.3, 0.4) is 0 Å². The van der Waals surface area contributed by atoms with Crippen molar-refractivity contribution in [3.63, 3.8) is 0 Å². The Kier molecular flexibility index (Phi) is 16.1. The second-order valence-corrected chi connectivity index (χ2v) is 9.15. The minimum Gasteiger partial charge on any atom is -0.497 e. The van der Waals surface area contributed by atoms with E-state index in [2.05, 4.69) is 13.2 Å². The molecule has 0 fully saturated rings. The van der Waals surface area contributed by atoms with Crippen LogP contribution in [0.1, 0.15) is 39.7 Å². The van der Waals surface area contributed by atoms with Crippen molar-refractivity contribution >= 4 is 24.6 Å². The highest BCUT2D eigenvalue weighted by molar-refractivity contribution is 5.89. The maximum atomic E-state index is 11.6. The van der Waals surface area contributed by atoms with Gasteiger partial charge in [0.15, 0.2) is 0 Å². The molecule has 0 amide bonds. The van der Waals surface area contributed by atoms with Crippen LogP contribution in [0.4, 0.5) is 0 Å². The number of carbonyl (C=O) groups is 3. The van der Waals surface area contributed by atoms with Crippen molar-refractivity contribution in [2.45, 2.75) is 34.1 Å². The molecule has 7 nitrogen and oxygen atoms in total. The Morgan fingerprint density at radius 2 is 1.26 bits per heavy atom. The van der Waals surface area contributed by atoms with Gasteiger partial charge in [0, 0.05) is 11.1 Å². The van der Waals surface area contributed by atoms with E-state index in [1.807, 2.05) is 67.6 Å². The van der Waals surface area contributed by atoms with Gasteiger partial charge in [-0.15, -0.1) is 0 Å². The lowest BCUT2D eigenvalue weighted by molar-refractivity contribution is -0.130. The summed E-state index contributed by atoms with van der Waals surface area (Å²) in [4.78, 5) is 31.9. The van der Waals surface area contributed by atoms with E-state index in [4.69, 9.17) is 18.9 Å². The second kappa shape index (κ2) is 19.2. The number of ether oxygens (including phenoxy) is 4. The average Bonchev–Trinajstić information content (AvgIpc) is 3.01. The molecule has 0 radical (unpaired) electrons. The topological polar surface area (TPSA) is 88.1 Å².